The molecule has 0 amide bonds. The molecule has 0 aliphatic heterocycles. The predicted molar refractivity (Wildman–Crippen MR) is 68.7 cm³/mol. The molecule has 1 N–H and O–H groups in total. The summed E-state index contributed by atoms with van der Waals surface area (Å²) in [6, 6.07) is 7.99. The topological polar surface area (TPSA) is 41.6 Å². The Labute approximate surface area is 98.2 Å². The molecule has 0 saturated heterocycles. The van der Waals surface area contributed by atoms with Gasteiger partial charge in [0.05, 0.1) is 11.0 Å². The quantitative estimate of drug-likeness (QED) is 0.633. The van der Waals surface area contributed by atoms with Crippen LogP contribution in [0.5, 0.6) is 0 Å². The molecule has 0 unspecified atom stereocenters. The fraction of sp³-hybridized carbons (Fsp3) is 0.143. The van der Waals surface area contributed by atoms with Crippen LogP contribution in [-0.4, -0.2) is 15.0 Å². The van der Waals surface area contributed by atoms with Gasteiger partial charge in [0.25, 0.3) is 0 Å². The molecule has 2 aromatic heterocycles. The molecule has 3 nitrogen and oxygen atoms in total. The first-order chi connectivity index (χ1) is 8.42. The van der Waals surface area contributed by atoms with E-state index in [1.807, 2.05) is 24.3 Å². The number of hydrogen-bond acceptors (Lipinski definition) is 2. The highest BCUT2D eigenvalue weighted by Gasteiger charge is 2.14. The second kappa shape index (κ2) is 3.17. The minimum atomic E-state index is 0.903. The van der Waals surface area contributed by atoms with E-state index in [2.05, 4.69) is 22.1 Å². The number of rotatable bonds is 0. The summed E-state index contributed by atoms with van der Waals surface area (Å²) in [5.74, 6) is 0. The van der Waals surface area contributed by atoms with Crippen molar-refractivity contribution in [1.29, 1.82) is 0 Å². The van der Waals surface area contributed by atoms with E-state index >= 15 is 0 Å². The molecule has 4 rings (SSSR count). The summed E-state index contributed by atoms with van der Waals surface area (Å²) >= 11 is 0. The van der Waals surface area contributed by atoms with Gasteiger partial charge in [-0.3, -0.25) is 0 Å². The highest BCUT2D eigenvalue weighted by Crippen LogP contribution is 2.26. The lowest BCUT2D eigenvalue weighted by atomic mass is 10.1. The Morgan fingerprint density at radius 1 is 1.06 bits per heavy atom. The highest BCUT2D eigenvalue weighted by atomic mass is 14.9. The monoisotopic (exact) mass is 221 g/mol. The summed E-state index contributed by atoms with van der Waals surface area (Å²) < 4.78 is 0. The number of nitrogens with zero attached hydrogens (tertiary/aromatic N) is 2. The zero-order valence-corrected chi connectivity index (χ0v) is 9.27. The number of aromatic nitrogens is 3. The smallest absolute Gasteiger partial charge is 0.157 e. The van der Waals surface area contributed by atoms with Gasteiger partial charge in [0, 0.05) is 11.3 Å². The average molecular weight is 221 g/mol. The van der Waals surface area contributed by atoms with Crippen LogP contribution >= 0.6 is 0 Å². The van der Waals surface area contributed by atoms with E-state index < -0.39 is 0 Å². The molecule has 0 bridgehead atoms. The van der Waals surface area contributed by atoms with Crippen LogP contribution in [0.4, 0.5) is 0 Å². The molecule has 0 fully saturated rings. The lowest BCUT2D eigenvalue weighted by Crippen LogP contribution is -1.91. The normalized spacial score (nSPS) is 14.4. The number of fused-ring (bicyclic) bond motifs is 4. The molecule has 0 spiro atoms. The molecule has 0 atom stereocenters. The molecule has 2 heterocycles. The lowest BCUT2D eigenvalue weighted by Gasteiger charge is -2.02. The number of para-hydroxylation sites is 2. The van der Waals surface area contributed by atoms with Gasteiger partial charge in [0.15, 0.2) is 5.65 Å². The van der Waals surface area contributed by atoms with Crippen molar-refractivity contribution in [3.8, 4) is 0 Å². The van der Waals surface area contributed by atoms with E-state index in [-0.39, 0.29) is 0 Å². The lowest BCUT2D eigenvalue weighted by molar-refractivity contribution is 0.948. The second-order valence-electron chi connectivity index (χ2n) is 4.37. The summed E-state index contributed by atoms with van der Waals surface area (Å²) in [4.78, 5) is 12.7. The van der Waals surface area contributed by atoms with Gasteiger partial charge >= 0.3 is 0 Å². The van der Waals surface area contributed by atoms with Crippen LogP contribution in [0.1, 0.15) is 17.7 Å². The summed E-state index contributed by atoms with van der Waals surface area (Å²) in [5.41, 5.74) is 6.28. The van der Waals surface area contributed by atoms with E-state index in [1.165, 1.54) is 11.3 Å². The molecular weight excluding hydrogens is 210 g/mol. The van der Waals surface area contributed by atoms with Crippen LogP contribution in [0.2, 0.25) is 0 Å². The third-order valence-electron chi connectivity index (χ3n) is 3.27. The molecular formula is C14H11N3. The summed E-state index contributed by atoms with van der Waals surface area (Å²) in [6.45, 7) is 0. The summed E-state index contributed by atoms with van der Waals surface area (Å²) in [7, 11) is 0. The van der Waals surface area contributed by atoms with Crippen molar-refractivity contribution in [2.24, 2.45) is 0 Å². The first-order valence-electron chi connectivity index (χ1n) is 5.86. The Kier molecular flexibility index (Phi) is 1.66. The van der Waals surface area contributed by atoms with Crippen LogP contribution in [0.15, 0.2) is 30.3 Å². The van der Waals surface area contributed by atoms with E-state index in [1.54, 1.807) is 0 Å². The third-order valence-corrected chi connectivity index (χ3v) is 3.27. The number of hydrogen-bond donors (Lipinski definition) is 1. The molecule has 17 heavy (non-hydrogen) atoms. The van der Waals surface area contributed by atoms with Crippen LogP contribution in [0, 0.1) is 0 Å². The number of aromatic amines is 1. The van der Waals surface area contributed by atoms with Crippen LogP contribution < -0.4 is 0 Å². The number of nitrogens with one attached hydrogen (secondary N) is 1. The Morgan fingerprint density at radius 2 is 1.88 bits per heavy atom. The molecule has 82 valence electrons. The van der Waals surface area contributed by atoms with E-state index in [0.717, 1.165) is 35.0 Å². The molecule has 1 aliphatic carbocycles. The largest absolute Gasteiger partial charge is 0.341 e. The Hall–Kier alpha value is -2.16. The van der Waals surface area contributed by atoms with Gasteiger partial charge in [0.1, 0.15) is 5.52 Å². The van der Waals surface area contributed by atoms with Gasteiger partial charge in [0.2, 0.25) is 0 Å². The van der Waals surface area contributed by atoms with Gasteiger partial charge in [-0.2, -0.15) is 0 Å². The molecule has 3 heteroatoms. The van der Waals surface area contributed by atoms with E-state index in [4.69, 9.17) is 4.98 Å². The SMILES string of the molecule is C1=Cc2c([nH]c3nc4ccccc4nc23)CC1. The Balaban J connectivity index is 2.16. The number of allylic oxidation sites excluding steroid dienone is 1. The maximum Gasteiger partial charge on any atom is 0.157 e. The van der Waals surface area contributed by atoms with Crippen LogP contribution in [0.25, 0.3) is 28.3 Å². The molecule has 1 aromatic carbocycles. The fourth-order valence-corrected chi connectivity index (χ4v) is 2.43. The van der Waals surface area contributed by atoms with E-state index in [0.29, 0.717) is 0 Å². The molecule has 1 aliphatic rings. The number of H-pyrrole nitrogens is 1. The van der Waals surface area contributed by atoms with Crippen molar-refractivity contribution >= 4 is 28.3 Å². The molecule has 0 radical (unpaired) electrons. The van der Waals surface area contributed by atoms with Crippen molar-refractivity contribution in [3.05, 3.63) is 41.6 Å². The van der Waals surface area contributed by atoms with Crippen LogP contribution in [-0.2, 0) is 6.42 Å². The minimum Gasteiger partial charge on any atom is -0.341 e. The number of aryl methyl sites for hydroxylation is 1. The first-order valence-corrected chi connectivity index (χ1v) is 5.86. The first kappa shape index (κ1) is 8.93. The zero-order chi connectivity index (χ0) is 11.2. The van der Waals surface area contributed by atoms with Gasteiger partial charge in [-0.25, -0.2) is 9.97 Å². The predicted octanol–water partition coefficient (Wildman–Crippen LogP) is 3.07. The summed E-state index contributed by atoms with van der Waals surface area (Å²) in [6.07, 6.45) is 6.51. The fourth-order valence-electron chi connectivity index (χ4n) is 2.43. The van der Waals surface area contributed by atoms with Gasteiger partial charge in [-0.05, 0) is 25.0 Å². The van der Waals surface area contributed by atoms with Crippen molar-refractivity contribution in [1.82, 2.24) is 15.0 Å². The molecule has 0 saturated carbocycles. The summed E-state index contributed by atoms with van der Waals surface area (Å²) in [5, 5.41) is 0. The Bertz CT molecular complexity index is 753. The van der Waals surface area contributed by atoms with Crippen molar-refractivity contribution in [3.63, 3.8) is 0 Å². The molecule has 3 aromatic rings. The van der Waals surface area contributed by atoms with E-state index in [9.17, 15) is 0 Å². The van der Waals surface area contributed by atoms with Crippen LogP contribution in [0.3, 0.4) is 0 Å². The third kappa shape index (κ3) is 1.22. The van der Waals surface area contributed by atoms with Crippen molar-refractivity contribution in [2.45, 2.75) is 12.8 Å². The van der Waals surface area contributed by atoms with Crippen molar-refractivity contribution < 1.29 is 0 Å². The van der Waals surface area contributed by atoms with Gasteiger partial charge < -0.3 is 4.98 Å². The van der Waals surface area contributed by atoms with Gasteiger partial charge in [-0.15, -0.1) is 0 Å². The Morgan fingerprint density at radius 3 is 2.76 bits per heavy atom. The van der Waals surface area contributed by atoms with Crippen molar-refractivity contribution in [2.75, 3.05) is 0 Å². The van der Waals surface area contributed by atoms with Gasteiger partial charge in [-0.1, -0.05) is 24.3 Å². The number of benzene rings is 1. The minimum absolute atomic E-state index is 0.903. The standard InChI is InChI=1S/C14H11N3/c1-2-6-10-9(5-1)13-14(16-10)17-12-8-4-3-7-11(12)15-13/h1,3-5,7-8H,2,6H2,(H,16,17). The zero-order valence-electron chi connectivity index (χ0n) is 9.27. The maximum atomic E-state index is 4.71. The average Bonchev–Trinajstić information content (AvgIpc) is 2.73. The maximum absolute atomic E-state index is 4.71. The highest BCUT2D eigenvalue weighted by molar-refractivity contribution is 5.91. The second-order valence-corrected chi connectivity index (χ2v) is 4.37.